The predicted molar refractivity (Wildman–Crippen MR) is 94.2 cm³/mol. The van der Waals surface area contributed by atoms with Gasteiger partial charge in [-0.15, -0.1) is 0 Å². The van der Waals surface area contributed by atoms with Crippen LogP contribution in [0.5, 0.6) is 11.5 Å². The van der Waals surface area contributed by atoms with Crippen LogP contribution in [0.4, 0.5) is 22.0 Å². The summed E-state index contributed by atoms with van der Waals surface area (Å²) in [7, 11) is 0. The van der Waals surface area contributed by atoms with Crippen molar-refractivity contribution in [3.63, 3.8) is 0 Å². The molecule has 0 amide bonds. The predicted octanol–water partition coefficient (Wildman–Crippen LogP) is 5.67. The minimum absolute atomic E-state index is 0.136. The molecule has 0 fully saturated rings. The number of carbonyl (C=O) groups is 1. The highest BCUT2D eigenvalue weighted by atomic mass is 19.2. The van der Waals surface area contributed by atoms with Gasteiger partial charge in [0, 0.05) is 0 Å². The molecule has 3 nitrogen and oxygen atoms in total. The molecule has 0 unspecified atom stereocenters. The van der Waals surface area contributed by atoms with Crippen LogP contribution in [-0.2, 0) is 0 Å². The maximum absolute atomic E-state index is 13.6. The first-order valence-corrected chi connectivity index (χ1v) is 8.40. The Morgan fingerprint density at radius 1 is 0.724 bits per heavy atom. The highest BCUT2D eigenvalue weighted by molar-refractivity contribution is 5.91. The van der Waals surface area contributed by atoms with E-state index in [2.05, 4.69) is 4.74 Å². The van der Waals surface area contributed by atoms with Gasteiger partial charge in [-0.1, -0.05) is 24.3 Å². The summed E-state index contributed by atoms with van der Waals surface area (Å²) in [5.74, 6) is -13.4. The Hall–Kier alpha value is -3.42. The van der Waals surface area contributed by atoms with Crippen molar-refractivity contribution in [3.05, 3.63) is 83.2 Å². The van der Waals surface area contributed by atoms with Gasteiger partial charge in [-0.25, -0.2) is 18.0 Å². The molecule has 0 bridgehead atoms. The number of ether oxygens (including phenoxy) is 2. The van der Waals surface area contributed by atoms with Crippen molar-refractivity contribution >= 4 is 5.97 Å². The topological polar surface area (TPSA) is 35.5 Å². The number of benzene rings is 3. The summed E-state index contributed by atoms with van der Waals surface area (Å²) >= 11 is 0. The van der Waals surface area contributed by atoms with Crippen LogP contribution in [0.3, 0.4) is 0 Å². The normalized spacial score (nSPS) is 10.7. The number of carbonyl (C=O) groups excluding carboxylic acids is 1. The number of rotatable bonds is 5. The van der Waals surface area contributed by atoms with Crippen LogP contribution in [0.25, 0.3) is 11.1 Å². The Morgan fingerprint density at radius 2 is 1.17 bits per heavy atom. The number of hydrogen-bond donors (Lipinski definition) is 0. The summed E-state index contributed by atoms with van der Waals surface area (Å²) in [5.41, 5.74) is 1.40. The van der Waals surface area contributed by atoms with Gasteiger partial charge in [0.25, 0.3) is 0 Å². The molecule has 3 rings (SSSR count). The average Bonchev–Trinajstić information content (AvgIpc) is 2.75. The van der Waals surface area contributed by atoms with Gasteiger partial charge in [0.05, 0.1) is 12.2 Å². The van der Waals surface area contributed by atoms with Gasteiger partial charge in [-0.05, 0) is 42.3 Å². The first kappa shape index (κ1) is 20.3. The molecule has 150 valence electrons. The molecule has 29 heavy (non-hydrogen) atoms. The molecule has 0 aliphatic rings. The van der Waals surface area contributed by atoms with Crippen molar-refractivity contribution in [2.75, 3.05) is 6.61 Å². The van der Waals surface area contributed by atoms with Crippen molar-refractivity contribution in [1.82, 2.24) is 0 Å². The molecule has 0 saturated carbocycles. The highest BCUT2D eigenvalue weighted by Gasteiger charge is 2.28. The second-order valence-electron chi connectivity index (χ2n) is 5.82. The summed E-state index contributed by atoms with van der Waals surface area (Å²) in [5, 5.41) is 0. The van der Waals surface area contributed by atoms with Crippen molar-refractivity contribution in [1.29, 1.82) is 0 Å². The fourth-order valence-corrected chi connectivity index (χ4v) is 2.54. The lowest BCUT2D eigenvalue weighted by molar-refractivity contribution is 0.0716. The molecular weight excluding hydrogens is 395 g/mol. The van der Waals surface area contributed by atoms with Crippen molar-refractivity contribution in [3.8, 4) is 22.6 Å². The Balaban J connectivity index is 1.81. The highest BCUT2D eigenvalue weighted by Crippen LogP contribution is 2.30. The third-order valence-electron chi connectivity index (χ3n) is 3.98. The van der Waals surface area contributed by atoms with E-state index in [4.69, 9.17) is 4.74 Å². The molecule has 0 radical (unpaired) electrons. The molecule has 0 N–H and O–H groups in total. The van der Waals surface area contributed by atoms with E-state index in [0.29, 0.717) is 12.4 Å². The molecule has 0 aromatic heterocycles. The first-order chi connectivity index (χ1) is 13.8. The third kappa shape index (κ3) is 4.06. The van der Waals surface area contributed by atoms with Crippen molar-refractivity contribution in [2.24, 2.45) is 0 Å². The maximum Gasteiger partial charge on any atom is 0.343 e. The van der Waals surface area contributed by atoms with Crippen LogP contribution in [0.15, 0.2) is 48.5 Å². The van der Waals surface area contributed by atoms with Crippen LogP contribution in [0.2, 0.25) is 0 Å². The van der Waals surface area contributed by atoms with E-state index in [1.165, 1.54) is 12.1 Å². The van der Waals surface area contributed by atoms with Crippen LogP contribution in [0.1, 0.15) is 17.3 Å². The van der Waals surface area contributed by atoms with Gasteiger partial charge >= 0.3 is 5.97 Å². The molecule has 0 heterocycles. The zero-order valence-corrected chi connectivity index (χ0v) is 14.9. The monoisotopic (exact) mass is 408 g/mol. The molecule has 0 aliphatic heterocycles. The maximum atomic E-state index is 13.6. The van der Waals surface area contributed by atoms with E-state index < -0.39 is 40.8 Å². The molecule has 8 heteroatoms. The van der Waals surface area contributed by atoms with Crippen LogP contribution in [0, 0.1) is 29.1 Å². The van der Waals surface area contributed by atoms with Gasteiger partial charge in [-0.3, -0.25) is 0 Å². The largest absolute Gasteiger partial charge is 0.494 e. The van der Waals surface area contributed by atoms with E-state index in [-0.39, 0.29) is 5.56 Å². The molecule has 0 aliphatic carbocycles. The number of halogens is 5. The van der Waals surface area contributed by atoms with E-state index >= 15 is 0 Å². The Morgan fingerprint density at radius 3 is 1.66 bits per heavy atom. The van der Waals surface area contributed by atoms with Gasteiger partial charge in [0.2, 0.25) is 34.8 Å². The zero-order chi connectivity index (χ0) is 21.1. The molecule has 0 atom stereocenters. The average molecular weight is 408 g/mol. The van der Waals surface area contributed by atoms with E-state index in [1.807, 2.05) is 6.92 Å². The Kier molecular flexibility index (Phi) is 5.81. The van der Waals surface area contributed by atoms with Gasteiger partial charge in [0.1, 0.15) is 5.75 Å². The van der Waals surface area contributed by atoms with Gasteiger partial charge in [-0.2, -0.15) is 8.78 Å². The van der Waals surface area contributed by atoms with Crippen LogP contribution in [-0.4, -0.2) is 12.6 Å². The van der Waals surface area contributed by atoms with Crippen molar-refractivity contribution in [2.45, 2.75) is 6.92 Å². The van der Waals surface area contributed by atoms with Gasteiger partial charge < -0.3 is 9.47 Å². The Bertz CT molecular complexity index is 1020. The number of esters is 1. The lowest BCUT2D eigenvalue weighted by Gasteiger charge is -2.09. The van der Waals surface area contributed by atoms with Gasteiger partial charge in [0.15, 0.2) is 0 Å². The summed E-state index contributed by atoms with van der Waals surface area (Å²) in [6.07, 6.45) is 0. The second kappa shape index (κ2) is 8.30. The standard InChI is InChI=1S/C21H13F5O3/c1-2-28-14-9-7-12(8-10-14)11-3-5-13(6-4-11)21(27)29-20-18(25)16(23)15(22)17(24)19(20)26/h3-10H,2H2,1H3. The minimum Gasteiger partial charge on any atom is -0.494 e. The first-order valence-electron chi connectivity index (χ1n) is 8.40. The fourth-order valence-electron chi connectivity index (χ4n) is 2.54. The smallest absolute Gasteiger partial charge is 0.343 e. The molecule has 3 aromatic rings. The lowest BCUT2D eigenvalue weighted by atomic mass is 10.0. The molecule has 0 saturated heterocycles. The van der Waals surface area contributed by atoms with E-state index in [1.54, 1.807) is 36.4 Å². The SMILES string of the molecule is CCOc1ccc(-c2ccc(C(=O)Oc3c(F)c(F)c(F)c(F)c3F)cc2)cc1. The molecule has 0 spiro atoms. The van der Waals surface area contributed by atoms with Crippen LogP contribution < -0.4 is 9.47 Å². The van der Waals surface area contributed by atoms with Crippen molar-refractivity contribution < 1.29 is 36.2 Å². The number of hydrogen-bond acceptors (Lipinski definition) is 3. The molecular formula is C21H13F5O3. The summed E-state index contributed by atoms with van der Waals surface area (Å²) in [6.45, 7) is 2.39. The molecule has 3 aromatic carbocycles. The minimum atomic E-state index is -2.33. The quantitative estimate of drug-likeness (QED) is 0.180. The fraction of sp³-hybridized carbons (Fsp3) is 0.0952. The van der Waals surface area contributed by atoms with E-state index in [9.17, 15) is 26.7 Å². The zero-order valence-electron chi connectivity index (χ0n) is 14.9. The summed E-state index contributed by atoms with van der Waals surface area (Å²) in [6, 6.07) is 12.8. The summed E-state index contributed by atoms with van der Waals surface area (Å²) < 4.78 is 76.5. The Labute approximate surface area is 162 Å². The lowest BCUT2D eigenvalue weighted by Crippen LogP contribution is -2.13. The third-order valence-corrected chi connectivity index (χ3v) is 3.98. The summed E-state index contributed by atoms with van der Waals surface area (Å²) in [4.78, 5) is 12.1. The van der Waals surface area contributed by atoms with E-state index in [0.717, 1.165) is 11.1 Å². The second-order valence-corrected chi connectivity index (χ2v) is 5.82. The van der Waals surface area contributed by atoms with Crippen LogP contribution >= 0.6 is 0 Å².